The summed E-state index contributed by atoms with van der Waals surface area (Å²) in [6.45, 7) is 5.39. The minimum atomic E-state index is -4.74. The van der Waals surface area contributed by atoms with Crippen LogP contribution in [0.3, 0.4) is 0 Å². The van der Waals surface area contributed by atoms with Gasteiger partial charge in [0.1, 0.15) is 11.5 Å². The highest BCUT2D eigenvalue weighted by Crippen LogP contribution is 2.36. The number of benzene rings is 1. The van der Waals surface area contributed by atoms with Gasteiger partial charge in [-0.2, -0.15) is 0 Å². The Bertz CT molecular complexity index is 523. The van der Waals surface area contributed by atoms with Gasteiger partial charge >= 0.3 is 6.36 Å². The highest BCUT2D eigenvalue weighted by atomic mass is 35.5. The molecule has 0 saturated carbocycles. The van der Waals surface area contributed by atoms with E-state index in [9.17, 15) is 18.3 Å². The summed E-state index contributed by atoms with van der Waals surface area (Å²) < 4.78 is 41.4. The highest BCUT2D eigenvalue weighted by Gasteiger charge is 2.32. The van der Waals surface area contributed by atoms with Crippen molar-refractivity contribution < 1.29 is 23.0 Å². The quantitative estimate of drug-likeness (QED) is 0.692. The Hall–Kier alpha value is -1.18. The number of hydrogen-bond acceptors (Lipinski definition) is 4. The number of aromatic hydroxyl groups is 1. The molecule has 1 aliphatic heterocycles. The van der Waals surface area contributed by atoms with Crippen LogP contribution in [-0.2, 0) is 0 Å². The van der Waals surface area contributed by atoms with Crippen molar-refractivity contribution in [1.29, 1.82) is 0 Å². The largest absolute Gasteiger partial charge is 0.573 e. The lowest BCUT2D eigenvalue weighted by Crippen LogP contribution is -2.45. The van der Waals surface area contributed by atoms with Crippen LogP contribution >= 0.6 is 12.4 Å². The summed E-state index contributed by atoms with van der Waals surface area (Å²) in [5.74, 6) is -0.268. The molecule has 0 aromatic heterocycles. The van der Waals surface area contributed by atoms with E-state index in [2.05, 4.69) is 21.9 Å². The third-order valence-corrected chi connectivity index (χ3v) is 4.27. The minimum Gasteiger partial charge on any atom is -0.508 e. The van der Waals surface area contributed by atoms with Gasteiger partial charge in [-0.1, -0.05) is 26.2 Å². The molecule has 1 heterocycles. The standard InChI is InChI=1S/C17H25F3N2O2.ClH/c1-2-3-4-5-15(22-10-8-21-9-11-22)14-12-13(6-7-16(14)23)24-17(18,19)20;/h6-7,12,15,21,23H,2-5,8-11H2,1H3;1H/t15-;/m0./s1. The van der Waals surface area contributed by atoms with E-state index in [1.807, 2.05) is 0 Å². The highest BCUT2D eigenvalue weighted by molar-refractivity contribution is 5.85. The second kappa shape index (κ2) is 10.1. The molecule has 2 rings (SSSR count). The third-order valence-electron chi connectivity index (χ3n) is 4.27. The average molecular weight is 383 g/mol. The van der Waals surface area contributed by atoms with Gasteiger partial charge in [-0.3, -0.25) is 4.90 Å². The minimum absolute atomic E-state index is 0. The molecule has 0 aliphatic carbocycles. The van der Waals surface area contributed by atoms with Crippen molar-refractivity contribution in [3.8, 4) is 11.5 Å². The van der Waals surface area contributed by atoms with Crippen LogP contribution in [0.25, 0.3) is 0 Å². The van der Waals surface area contributed by atoms with Crippen LogP contribution in [0.2, 0.25) is 0 Å². The fourth-order valence-electron chi connectivity index (χ4n) is 3.11. The van der Waals surface area contributed by atoms with E-state index in [0.29, 0.717) is 5.56 Å². The van der Waals surface area contributed by atoms with Crippen molar-refractivity contribution in [3.05, 3.63) is 23.8 Å². The first-order valence-electron chi connectivity index (χ1n) is 8.44. The van der Waals surface area contributed by atoms with Crippen molar-refractivity contribution in [2.75, 3.05) is 26.2 Å². The summed E-state index contributed by atoms with van der Waals surface area (Å²) in [6.07, 6.45) is -0.841. The number of hydrogen-bond donors (Lipinski definition) is 2. The van der Waals surface area contributed by atoms with Crippen LogP contribution in [0.15, 0.2) is 18.2 Å². The molecule has 0 spiro atoms. The number of ether oxygens (including phenoxy) is 1. The van der Waals surface area contributed by atoms with E-state index in [1.165, 1.54) is 12.1 Å². The molecule has 0 amide bonds. The Balaban J connectivity index is 0.00000312. The van der Waals surface area contributed by atoms with Gasteiger partial charge in [0.15, 0.2) is 0 Å². The number of rotatable bonds is 7. The van der Waals surface area contributed by atoms with Crippen molar-refractivity contribution >= 4 is 12.4 Å². The number of nitrogens with zero attached hydrogens (tertiary/aromatic N) is 1. The molecule has 0 radical (unpaired) electrons. The second-order valence-corrected chi connectivity index (χ2v) is 6.07. The Morgan fingerprint density at radius 3 is 2.52 bits per heavy atom. The summed E-state index contributed by atoms with van der Waals surface area (Å²) in [6, 6.07) is 3.65. The normalized spacial score (nSPS) is 17.0. The second-order valence-electron chi connectivity index (χ2n) is 6.07. The Kier molecular flexibility index (Phi) is 8.82. The van der Waals surface area contributed by atoms with Crippen molar-refractivity contribution in [2.24, 2.45) is 0 Å². The molecule has 1 saturated heterocycles. The fraction of sp³-hybridized carbons (Fsp3) is 0.647. The van der Waals surface area contributed by atoms with E-state index in [-0.39, 0.29) is 29.9 Å². The zero-order chi connectivity index (χ0) is 17.6. The fourth-order valence-corrected chi connectivity index (χ4v) is 3.11. The molecule has 1 atom stereocenters. The van der Waals surface area contributed by atoms with E-state index in [4.69, 9.17) is 0 Å². The molecular formula is C17H26ClF3N2O2. The molecule has 4 nitrogen and oxygen atoms in total. The molecule has 1 aromatic rings. The van der Waals surface area contributed by atoms with E-state index < -0.39 is 6.36 Å². The maximum absolute atomic E-state index is 12.5. The zero-order valence-corrected chi connectivity index (χ0v) is 15.1. The Morgan fingerprint density at radius 1 is 1.24 bits per heavy atom. The van der Waals surface area contributed by atoms with Gasteiger partial charge in [-0.25, -0.2) is 0 Å². The van der Waals surface area contributed by atoms with E-state index in [0.717, 1.165) is 57.9 Å². The van der Waals surface area contributed by atoms with Crippen LogP contribution in [0.4, 0.5) is 13.2 Å². The van der Waals surface area contributed by atoms with Gasteiger partial charge in [-0.15, -0.1) is 25.6 Å². The number of alkyl halides is 3. The first-order valence-corrected chi connectivity index (χ1v) is 8.44. The molecule has 8 heteroatoms. The van der Waals surface area contributed by atoms with Crippen molar-refractivity contribution in [1.82, 2.24) is 10.2 Å². The molecule has 1 fully saturated rings. The van der Waals surface area contributed by atoms with Gasteiger partial charge in [0, 0.05) is 37.8 Å². The topological polar surface area (TPSA) is 44.7 Å². The summed E-state index contributed by atoms with van der Waals surface area (Å²) in [7, 11) is 0. The predicted octanol–water partition coefficient (Wildman–Crippen LogP) is 4.24. The maximum Gasteiger partial charge on any atom is 0.573 e. The van der Waals surface area contributed by atoms with Crippen LogP contribution in [0.5, 0.6) is 11.5 Å². The zero-order valence-electron chi connectivity index (χ0n) is 14.3. The molecule has 144 valence electrons. The average Bonchev–Trinajstić information content (AvgIpc) is 2.53. The van der Waals surface area contributed by atoms with Crippen LogP contribution in [0.1, 0.15) is 44.2 Å². The van der Waals surface area contributed by atoms with Gasteiger partial charge in [0.25, 0.3) is 0 Å². The SMILES string of the molecule is CCCCC[C@@H](c1cc(OC(F)(F)F)ccc1O)N1CCNCC1.Cl. The van der Waals surface area contributed by atoms with Gasteiger partial charge in [-0.05, 0) is 24.6 Å². The third kappa shape index (κ3) is 6.92. The molecule has 0 bridgehead atoms. The lowest BCUT2D eigenvalue weighted by atomic mass is 9.97. The lowest BCUT2D eigenvalue weighted by Gasteiger charge is -2.35. The monoisotopic (exact) mass is 382 g/mol. The van der Waals surface area contributed by atoms with E-state index in [1.54, 1.807) is 0 Å². The van der Waals surface area contributed by atoms with Gasteiger partial charge in [0.05, 0.1) is 0 Å². The van der Waals surface area contributed by atoms with Crippen LogP contribution in [-0.4, -0.2) is 42.5 Å². The number of piperazine rings is 1. The first kappa shape index (κ1) is 21.9. The number of phenols is 1. The predicted molar refractivity (Wildman–Crippen MR) is 93.4 cm³/mol. The van der Waals surface area contributed by atoms with E-state index >= 15 is 0 Å². The van der Waals surface area contributed by atoms with Crippen LogP contribution < -0.4 is 10.1 Å². The molecule has 0 unspecified atom stereocenters. The molecule has 1 aliphatic rings. The van der Waals surface area contributed by atoms with Crippen molar-refractivity contribution in [2.45, 2.75) is 45.0 Å². The molecular weight excluding hydrogens is 357 g/mol. The lowest BCUT2D eigenvalue weighted by molar-refractivity contribution is -0.274. The molecule has 25 heavy (non-hydrogen) atoms. The smallest absolute Gasteiger partial charge is 0.508 e. The van der Waals surface area contributed by atoms with Gasteiger partial charge < -0.3 is 15.2 Å². The summed E-state index contributed by atoms with van der Waals surface area (Å²) in [4.78, 5) is 2.22. The number of halogens is 4. The summed E-state index contributed by atoms with van der Waals surface area (Å²) in [5, 5.41) is 13.5. The summed E-state index contributed by atoms with van der Waals surface area (Å²) in [5.41, 5.74) is 0.509. The maximum atomic E-state index is 12.5. The van der Waals surface area contributed by atoms with Gasteiger partial charge in [0.2, 0.25) is 0 Å². The Morgan fingerprint density at radius 2 is 1.92 bits per heavy atom. The number of nitrogens with one attached hydrogen (secondary N) is 1. The number of unbranched alkanes of at least 4 members (excludes halogenated alkanes) is 2. The molecule has 2 N–H and O–H groups in total. The van der Waals surface area contributed by atoms with Crippen molar-refractivity contribution in [3.63, 3.8) is 0 Å². The Labute approximate surface area is 152 Å². The molecule has 1 aromatic carbocycles. The number of phenolic OH excluding ortho intramolecular Hbond substituents is 1. The first-order chi connectivity index (χ1) is 11.4. The summed E-state index contributed by atoms with van der Waals surface area (Å²) >= 11 is 0. The van der Waals surface area contributed by atoms with Crippen LogP contribution in [0, 0.1) is 0 Å².